The standard InChI is InChI=1S/C10H16N4O2S/c1-17(15,16)14-6-2-3-9(14)7-13-10-8-11-4-5-12-10/h4-5,8-9H,2-3,6-7H2,1H3,(H,12,13)/t9-/m1/s1. The molecule has 2 rings (SSSR count). The van der Waals surface area contributed by atoms with Crippen LogP contribution in [0.2, 0.25) is 0 Å². The number of hydrogen-bond donors (Lipinski definition) is 1. The zero-order valence-corrected chi connectivity index (χ0v) is 10.5. The largest absolute Gasteiger partial charge is 0.367 e. The normalized spacial score (nSPS) is 21.6. The molecule has 1 atom stereocenters. The predicted molar refractivity (Wildman–Crippen MR) is 65.1 cm³/mol. The highest BCUT2D eigenvalue weighted by atomic mass is 32.2. The Balaban J connectivity index is 1.95. The average Bonchev–Trinajstić information content (AvgIpc) is 2.75. The van der Waals surface area contributed by atoms with Crippen LogP contribution in [0.3, 0.4) is 0 Å². The van der Waals surface area contributed by atoms with E-state index in [0.29, 0.717) is 18.9 Å². The van der Waals surface area contributed by atoms with Gasteiger partial charge in [0, 0.05) is 31.5 Å². The first-order valence-electron chi connectivity index (χ1n) is 5.54. The summed E-state index contributed by atoms with van der Waals surface area (Å²) in [5.41, 5.74) is 0. The highest BCUT2D eigenvalue weighted by Crippen LogP contribution is 2.20. The van der Waals surface area contributed by atoms with Gasteiger partial charge in [0.1, 0.15) is 5.82 Å². The molecule has 0 bridgehead atoms. The van der Waals surface area contributed by atoms with E-state index in [1.54, 1.807) is 22.9 Å². The van der Waals surface area contributed by atoms with Crippen molar-refractivity contribution in [2.75, 3.05) is 24.7 Å². The van der Waals surface area contributed by atoms with Gasteiger partial charge in [-0.05, 0) is 12.8 Å². The summed E-state index contributed by atoms with van der Waals surface area (Å²) in [4.78, 5) is 8.03. The van der Waals surface area contributed by atoms with Gasteiger partial charge in [0.25, 0.3) is 0 Å². The molecule has 1 aromatic rings. The Hall–Kier alpha value is -1.21. The second-order valence-electron chi connectivity index (χ2n) is 4.14. The van der Waals surface area contributed by atoms with E-state index in [-0.39, 0.29) is 6.04 Å². The van der Waals surface area contributed by atoms with Gasteiger partial charge in [-0.15, -0.1) is 0 Å². The monoisotopic (exact) mass is 256 g/mol. The summed E-state index contributed by atoms with van der Waals surface area (Å²) in [6.45, 7) is 1.19. The molecule has 0 saturated carbocycles. The van der Waals surface area contributed by atoms with Gasteiger partial charge in [-0.3, -0.25) is 4.98 Å². The van der Waals surface area contributed by atoms with Gasteiger partial charge in [-0.25, -0.2) is 13.4 Å². The van der Waals surface area contributed by atoms with Crippen molar-refractivity contribution in [3.8, 4) is 0 Å². The Morgan fingerprint density at radius 1 is 1.53 bits per heavy atom. The lowest BCUT2D eigenvalue weighted by molar-refractivity contribution is 0.402. The molecule has 17 heavy (non-hydrogen) atoms. The number of aromatic nitrogens is 2. The van der Waals surface area contributed by atoms with Crippen LogP contribution in [0.25, 0.3) is 0 Å². The van der Waals surface area contributed by atoms with E-state index in [2.05, 4.69) is 15.3 Å². The van der Waals surface area contributed by atoms with Crippen molar-refractivity contribution >= 4 is 15.8 Å². The van der Waals surface area contributed by atoms with Crippen LogP contribution in [0.4, 0.5) is 5.82 Å². The number of rotatable bonds is 4. The molecule has 0 amide bonds. The fourth-order valence-electron chi connectivity index (χ4n) is 2.06. The molecule has 1 saturated heterocycles. The lowest BCUT2D eigenvalue weighted by Gasteiger charge is -2.22. The third-order valence-electron chi connectivity index (χ3n) is 2.83. The Morgan fingerprint density at radius 3 is 3.00 bits per heavy atom. The number of nitrogens with one attached hydrogen (secondary N) is 1. The Kier molecular flexibility index (Phi) is 3.58. The molecule has 0 aliphatic carbocycles. The lowest BCUT2D eigenvalue weighted by Crippen LogP contribution is -2.38. The maximum Gasteiger partial charge on any atom is 0.211 e. The first-order chi connectivity index (χ1) is 8.07. The molecule has 1 N–H and O–H groups in total. The van der Waals surface area contributed by atoms with Crippen LogP contribution >= 0.6 is 0 Å². The smallest absolute Gasteiger partial charge is 0.211 e. The number of nitrogens with zero attached hydrogens (tertiary/aromatic N) is 3. The molecule has 94 valence electrons. The van der Waals surface area contributed by atoms with Gasteiger partial charge in [0.15, 0.2) is 0 Å². The lowest BCUT2D eigenvalue weighted by atomic mass is 10.2. The molecular formula is C10H16N4O2S. The molecule has 0 aromatic carbocycles. The van der Waals surface area contributed by atoms with Gasteiger partial charge >= 0.3 is 0 Å². The summed E-state index contributed by atoms with van der Waals surface area (Å²) in [5.74, 6) is 0.674. The van der Waals surface area contributed by atoms with E-state index in [9.17, 15) is 8.42 Å². The van der Waals surface area contributed by atoms with Crippen LogP contribution in [0.15, 0.2) is 18.6 Å². The zero-order valence-electron chi connectivity index (χ0n) is 9.70. The van der Waals surface area contributed by atoms with E-state index in [1.807, 2.05) is 0 Å². The molecule has 1 fully saturated rings. The fraction of sp³-hybridized carbons (Fsp3) is 0.600. The summed E-state index contributed by atoms with van der Waals surface area (Å²) in [6, 6.07) is 0.0204. The molecule has 1 aliphatic rings. The molecule has 1 aromatic heterocycles. The molecule has 1 aliphatic heterocycles. The molecule has 0 spiro atoms. The van der Waals surface area contributed by atoms with Gasteiger partial charge in [-0.2, -0.15) is 4.31 Å². The number of anilines is 1. The second kappa shape index (κ2) is 4.97. The van der Waals surface area contributed by atoms with Crippen LogP contribution in [-0.4, -0.2) is 48.1 Å². The van der Waals surface area contributed by atoms with Gasteiger partial charge in [0.2, 0.25) is 10.0 Å². The van der Waals surface area contributed by atoms with Crippen molar-refractivity contribution in [2.45, 2.75) is 18.9 Å². The Labute approximate surface area is 101 Å². The Morgan fingerprint density at radius 2 is 2.35 bits per heavy atom. The predicted octanol–water partition coefficient (Wildman–Crippen LogP) is 0.312. The summed E-state index contributed by atoms with van der Waals surface area (Å²) in [7, 11) is -3.10. The van der Waals surface area contributed by atoms with Crippen molar-refractivity contribution in [2.24, 2.45) is 0 Å². The molecule has 7 heteroatoms. The molecule has 0 radical (unpaired) electrons. The summed E-state index contributed by atoms with van der Waals surface area (Å²) < 4.78 is 24.6. The quantitative estimate of drug-likeness (QED) is 0.839. The van der Waals surface area contributed by atoms with Crippen molar-refractivity contribution < 1.29 is 8.42 Å². The van der Waals surface area contributed by atoms with Crippen LogP contribution in [0, 0.1) is 0 Å². The van der Waals surface area contributed by atoms with E-state index < -0.39 is 10.0 Å². The zero-order chi connectivity index (χ0) is 12.3. The molecular weight excluding hydrogens is 240 g/mol. The minimum atomic E-state index is -3.10. The fourth-order valence-corrected chi connectivity index (χ4v) is 3.24. The van der Waals surface area contributed by atoms with Gasteiger partial charge < -0.3 is 5.32 Å². The topological polar surface area (TPSA) is 75.2 Å². The third kappa shape index (κ3) is 3.13. The van der Waals surface area contributed by atoms with E-state index in [1.165, 1.54) is 6.26 Å². The van der Waals surface area contributed by atoms with Gasteiger partial charge in [0.05, 0.1) is 12.5 Å². The van der Waals surface area contributed by atoms with E-state index in [0.717, 1.165) is 12.8 Å². The minimum Gasteiger partial charge on any atom is -0.367 e. The highest BCUT2D eigenvalue weighted by Gasteiger charge is 2.30. The number of sulfonamides is 1. The van der Waals surface area contributed by atoms with Crippen molar-refractivity contribution in [1.82, 2.24) is 14.3 Å². The average molecular weight is 256 g/mol. The first kappa shape index (κ1) is 12.3. The van der Waals surface area contributed by atoms with Crippen LogP contribution in [-0.2, 0) is 10.0 Å². The van der Waals surface area contributed by atoms with Crippen LogP contribution in [0.1, 0.15) is 12.8 Å². The van der Waals surface area contributed by atoms with E-state index >= 15 is 0 Å². The molecule has 6 nitrogen and oxygen atoms in total. The van der Waals surface area contributed by atoms with Crippen molar-refractivity contribution in [3.63, 3.8) is 0 Å². The van der Waals surface area contributed by atoms with Crippen molar-refractivity contribution in [3.05, 3.63) is 18.6 Å². The first-order valence-corrected chi connectivity index (χ1v) is 7.39. The Bertz CT molecular complexity index is 462. The van der Waals surface area contributed by atoms with E-state index in [4.69, 9.17) is 0 Å². The molecule has 0 unspecified atom stereocenters. The highest BCUT2D eigenvalue weighted by molar-refractivity contribution is 7.88. The van der Waals surface area contributed by atoms with Gasteiger partial charge in [-0.1, -0.05) is 0 Å². The second-order valence-corrected chi connectivity index (χ2v) is 6.08. The van der Waals surface area contributed by atoms with Crippen LogP contribution < -0.4 is 5.32 Å². The van der Waals surface area contributed by atoms with Crippen LogP contribution in [0.5, 0.6) is 0 Å². The SMILES string of the molecule is CS(=O)(=O)N1CCC[C@@H]1CNc1cnccn1. The summed E-state index contributed by atoms with van der Waals surface area (Å²) >= 11 is 0. The third-order valence-corrected chi connectivity index (χ3v) is 4.16. The number of hydrogen-bond acceptors (Lipinski definition) is 5. The molecule has 2 heterocycles. The van der Waals surface area contributed by atoms with Crippen molar-refractivity contribution in [1.29, 1.82) is 0 Å². The summed E-state index contributed by atoms with van der Waals surface area (Å²) in [6.07, 6.45) is 7.89. The minimum absolute atomic E-state index is 0.0204. The summed E-state index contributed by atoms with van der Waals surface area (Å²) in [5, 5.41) is 3.11. The maximum atomic E-state index is 11.5. The maximum absolute atomic E-state index is 11.5.